The smallest absolute Gasteiger partial charge is 0.320 e. The molecule has 0 bridgehead atoms. The molecule has 172 valence electrons. The minimum absolute atomic E-state index is 0.0269. The van der Waals surface area contributed by atoms with Crippen molar-refractivity contribution in [3.05, 3.63) is 36.9 Å². The lowest BCUT2D eigenvalue weighted by Crippen LogP contribution is -2.59. The Hall–Kier alpha value is -3.45. The van der Waals surface area contributed by atoms with Gasteiger partial charge < -0.3 is 19.4 Å². The molecule has 33 heavy (non-hydrogen) atoms. The van der Waals surface area contributed by atoms with Gasteiger partial charge in [0.25, 0.3) is 0 Å². The van der Waals surface area contributed by atoms with Crippen molar-refractivity contribution in [1.29, 1.82) is 5.26 Å². The molecule has 1 amide bonds. The topological polar surface area (TPSA) is 103 Å². The highest BCUT2D eigenvalue weighted by Gasteiger charge is 2.49. The van der Waals surface area contributed by atoms with Crippen molar-refractivity contribution in [3.8, 4) is 17.9 Å². The zero-order valence-electron chi connectivity index (χ0n) is 18.9. The molecule has 3 fully saturated rings. The van der Waals surface area contributed by atoms with E-state index in [1.54, 1.807) is 23.3 Å². The molecule has 0 unspecified atom stereocenters. The number of likely N-dealkylation sites (N-methyl/N-ethyl adjacent to an activating group) is 1. The third-order valence-electron chi connectivity index (χ3n) is 7.06. The van der Waals surface area contributed by atoms with Crippen molar-refractivity contribution in [2.45, 2.75) is 25.3 Å². The minimum Gasteiger partial charge on any atom is -0.462 e. The van der Waals surface area contributed by atoms with Gasteiger partial charge in [0.1, 0.15) is 24.6 Å². The zero-order valence-corrected chi connectivity index (χ0v) is 18.9. The zero-order chi connectivity index (χ0) is 23.0. The lowest BCUT2D eigenvalue weighted by molar-refractivity contribution is -0.136. The first-order valence-corrected chi connectivity index (χ1v) is 11.3. The first-order valence-electron chi connectivity index (χ1n) is 11.3. The maximum atomic E-state index is 11.9. The average molecular weight is 449 g/mol. The van der Waals surface area contributed by atoms with Crippen molar-refractivity contribution < 1.29 is 9.53 Å². The van der Waals surface area contributed by atoms with E-state index in [4.69, 9.17) is 9.72 Å². The number of nitrogens with zero attached hydrogens (tertiary/aromatic N) is 8. The number of aromatic nitrogens is 4. The number of likely N-dealkylation sites (tertiary alicyclic amines) is 2. The van der Waals surface area contributed by atoms with Crippen LogP contribution in [0.3, 0.4) is 0 Å². The van der Waals surface area contributed by atoms with E-state index in [0.717, 1.165) is 38.9 Å². The first-order chi connectivity index (χ1) is 16.0. The van der Waals surface area contributed by atoms with Crippen molar-refractivity contribution in [3.63, 3.8) is 0 Å². The highest BCUT2D eigenvalue weighted by atomic mass is 16.5. The van der Waals surface area contributed by atoms with Crippen LogP contribution < -0.4 is 9.64 Å². The van der Waals surface area contributed by atoms with Crippen molar-refractivity contribution in [1.82, 2.24) is 29.3 Å². The van der Waals surface area contributed by atoms with Crippen LogP contribution in [-0.2, 0) is 4.79 Å². The molecule has 3 saturated heterocycles. The van der Waals surface area contributed by atoms with E-state index in [2.05, 4.69) is 39.5 Å². The summed E-state index contributed by atoms with van der Waals surface area (Å²) in [5.74, 6) is 1.01. The number of rotatable bonds is 6. The Morgan fingerprint density at radius 3 is 2.82 bits per heavy atom. The summed E-state index contributed by atoms with van der Waals surface area (Å²) in [7, 11) is 2.10. The molecule has 1 spiro atoms. The third kappa shape index (κ3) is 3.93. The fourth-order valence-corrected chi connectivity index (χ4v) is 5.17. The van der Waals surface area contributed by atoms with Crippen molar-refractivity contribution >= 4 is 11.7 Å². The monoisotopic (exact) mass is 448 g/mol. The van der Waals surface area contributed by atoms with E-state index < -0.39 is 0 Å². The molecule has 5 heterocycles. The maximum absolute atomic E-state index is 11.9. The van der Waals surface area contributed by atoms with E-state index in [9.17, 15) is 10.1 Å². The molecule has 1 atom stereocenters. The summed E-state index contributed by atoms with van der Waals surface area (Å²) < 4.78 is 7.78. The molecule has 2 aromatic rings. The molecular formula is C23H28N8O2. The fraction of sp³-hybridized carbons (Fsp3) is 0.522. The van der Waals surface area contributed by atoms with Crippen LogP contribution in [0.1, 0.15) is 24.8 Å². The number of hydrogen-bond acceptors (Lipinski definition) is 8. The Kier molecular flexibility index (Phi) is 5.50. The van der Waals surface area contributed by atoms with Gasteiger partial charge in [0.15, 0.2) is 11.6 Å². The molecule has 10 nitrogen and oxygen atoms in total. The summed E-state index contributed by atoms with van der Waals surface area (Å²) in [5.41, 5.74) is 0.424. The number of carbonyl (C=O) groups is 1. The molecule has 0 N–H and O–H groups in total. The number of amides is 1. The largest absolute Gasteiger partial charge is 0.462 e. The molecule has 3 aliphatic rings. The maximum Gasteiger partial charge on any atom is 0.320 e. The Bertz CT molecular complexity index is 1090. The van der Waals surface area contributed by atoms with Gasteiger partial charge in [-0.15, -0.1) is 0 Å². The molecule has 0 saturated carbocycles. The van der Waals surface area contributed by atoms with Crippen LogP contribution in [0.2, 0.25) is 0 Å². The predicted octanol–water partition coefficient (Wildman–Crippen LogP) is 1.23. The third-order valence-corrected chi connectivity index (χ3v) is 7.06. The van der Waals surface area contributed by atoms with E-state index in [-0.39, 0.29) is 17.3 Å². The number of hydrogen-bond donors (Lipinski definition) is 0. The van der Waals surface area contributed by atoms with Gasteiger partial charge in [-0.2, -0.15) is 15.2 Å². The predicted molar refractivity (Wildman–Crippen MR) is 121 cm³/mol. The second kappa shape index (κ2) is 8.48. The highest BCUT2D eigenvalue weighted by Crippen LogP contribution is 2.42. The number of anilines is 1. The van der Waals surface area contributed by atoms with Gasteiger partial charge in [0, 0.05) is 50.0 Å². The van der Waals surface area contributed by atoms with Crippen LogP contribution in [0.5, 0.6) is 6.01 Å². The number of imidazole rings is 1. The van der Waals surface area contributed by atoms with Crippen LogP contribution in [0, 0.1) is 16.7 Å². The lowest BCUT2D eigenvalue weighted by Gasteiger charge is -2.47. The van der Waals surface area contributed by atoms with Crippen LogP contribution in [0.15, 0.2) is 31.4 Å². The Labute approximate surface area is 193 Å². The van der Waals surface area contributed by atoms with Crippen molar-refractivity contribution in [2.75, 3.05) is 51.3 Å². The van der Waals surface area contributed by atoms with Gasteiger partial charge >= 0.3 is 6.01 Å². The van der Waals surface area contributed by atoms with Crippen LogP contribution in [0.25, 0.3) is 5.82 Å². The van der Waals surface area contributed by atoms with E-state index in [1.165, 1.54) is 6.08 Å². The normalized spacial score (nSPS) is 21.8. The SMILES string of the molecule is C=CC(=O)N1CC2(CCN(c3nc(OC[C@@H]4CCCN4C)nc(-n4ccnc4)c3C#N)C2)C1. The van der Waals surface area contributed by atoms with Gasteiger partial charge in [-0.05, 0) is 38.9 Å². The molecule has 0 radical (unpaired) electrons. The summed E-state index contributed by atoms with van der Waals surface area (Å²) in [6.45, 7) is 8.04. The minimum atomic E-state index is -0.0335. The summed E-state index contributed by atoms with van der Waals surface area (Å²) in [5, 5.41) is 10.0. The summed E-state index contributed by atoms with van der Waals surface area (Å²) in [6, 6.07) is 2.91. The molecule has 0 aliphatic carbocycles. The van der Waals surface area contributed by atoms with Gasteiger partial charge in [-0.1, -0.05) is 6.58 Å². The second-order valence-corrected chi connectivity index (χ2v) is 9.27. The summed E-state index contributed by atoms with van der Waals surface area (Å²) >= 11 is 0. The Morgan fingerprint density at radius 2 is 2.15 bits per heavy atom. The van der Waals surface area contributed by atoms with Crippen LogP contribution >= 0.6 is 0 Å². The van der Waals surface area contributed by atoms with E-state index >= 15 is 0 Å². The molecule has 3 aliphatic heterocycles. The molecule has 10 heteroatoms. The molecule has 5 rings (SSSR count). The van der Waals surface area contributed by atoms with Crippen LogP contribution in [-0.4, -0.2) is 87.6 Å². The van der Waals surface area contributed by atoms with Gasteiger partial charge in [-0.3, -0.25) is 9.36 Å². The second-order valence-electron chi connectivity index (χ2n) is 9.27. The Morgan fingerprint density at radius 1 is 1.33 bits per heavy atom. The van der Waals surface area contributed by atoms with E-state index in [1.807, 2.05) is 4.90 Å². The average Bonchev–Trinajstić information content (AvgIpc) is 3.56. The van der Waals surface area contributed by atoms with Gasteiger partial charge in [0.2, 0.25) is 5.91 Å². The molecule has 2 aromatic heterocycles. The summed E-state index contributed by atoms with van der Waals surface area (Å²) in [6.07, 6.45) is 9.58. The van der Waals surface area contributed by atoms with Crippen molar-refractivity contribution in [2.24, 2.45) is 5.41 Å². The first kappa shape index (κ1) is 21.4. The number of nitriles is 1. The quantitative estimate of drug-likeness (QED) is 0.608. The summed E-state index contributed by atoms with van der Waals surface area (Å²) in [4.78, 5) is 31.5. The van der Waals surface area contributed by atoms with Gasteiger partial charge in [-0.25, -0.2) is 4.98 Å². The van der Waals surface area contributed by atoms with E-state index in [0.29, 0.717) is 42.9 Å². The Balaban J connectivity index is 1.42. The standard InChI is InChI=1S/C23H28N8O2/c1-3-19(32)31-14-23(15-31)6-9-29(13-23)20-18(11-24)21(30-10-7-25-16-30)27-22(26-20)33-12-17-5-4-8-28(17)2/h3,7,10,16-17H,1,4-6,8-9,12-15H2,2H3/t17-/m0/s1. The van der Waals surface area contributed by atoms with Crippen LogP contribution in [0.4, 0.5) is 5.82 Å². The lowest BCUT2D eigenvalue weighted by atomic mass is 9.79. The van der Waals surface area contributed by atoms with Gasteiger partial charge in [0.05, 0.1) is 0 Å². The fourth-order valence-electron chi connectivity index (χ4n) is 5.17. The molecular weight excluding hydrogens is 420 g/mol. The number of carbonyl (C=O) groups excluding carboxylic acids is 1. The number of ether oxygens (including phenoxy) is 1. The highest BCUT2D eigenvalue weighted by molar-refractivity contribution is 5.87. The molecule has 0 aromatic carbocycles.